The maximum absolute atomic E-state index is 13.5. The fourth-order valence-corrected chi connectivity index (χ4v) is 4.70. The minimum absolute atomic E-state index is 0.167. The summed E-state index contributed by atoms with van der Waals surface area (Å²) in [6.07, 6.45) is 1.26. The van der Waals surface area contributed by atoms with Crippen LogP contribution in [0.5, 0.6) is 0 Å². The Morgan fingerprint density at radius 1 is 1.17 bits per heavy atom. The molecule has 0 saturated carbocycles. The van der Waals surface area contributed by atoms with Crippen LogP contribution in [0.2, 0.25) is 0 Å². The minimum Gasteiger partial charge on any atom is -0.325 e. The summed E-state index contributed by atoms with van der Waals surface area (Å²) in [4.78, 5) is 13.3. The fourth-order valence-electron chi connectivity index (χ4n) is 3.00. The summed E-state index contributed by atoms with van der Waals surface area (Å²) in [5, 5.41) is 3.78. The van der Waals surface area contributed by atoms with E-state index >= 15 is 0 Å². The van der Waals surface area contributed by atoms with Gasteiger partial charge in [0.2, 0.25) is 10.0 Å². The number of piperazine rings is 1. The van der Waals surface area contributed by atoms with Crippen molar-refractivity contribution in [3.05, 3.63) is 64.4 Å². The summed E-state index contributed by atoms with van der Waals surface area (Å²) in [6.45, 7) is 1.86. The van der Waals surface area contributed by atoms with E-state index in [0.717, 1.165) is 9.37 Å². The van der Waals surface area contributed by atoms with Gasteiger partial charge in [-0.15, -0.1) is 0 Å². The molecule has 1 aliphatic heterocycles. The predicted octanol–water partition coefficient (Wildman–Crippen LogP) is 0.628. The normalized spacial score (nSPS) is 16.2. The van der Waals surface area contributed by atoms with Crippen LogP contribution >= 0.6 is 15.9 Å². The Hall–Kier alpha value is -2.14. The van der Waals surface area contributed by atoms with Crippen molar-refractivity contribution in [1.82, 2.24) is 9.73 Å². The molecule has 1 fully saturated rings. The number of amides is 1. The molecule has 0 radical (unpaired) electrons. The highest BCUT2D eigenvalue weighted by atomic mass is 79.9. The van der Waals surface area contributed by atoms with Crippen molar-refractivity contribution >= 4 is 38.1 Å². The zero-order valence-corrected chi connectivity index (χ0v) is 17.9. The molecule has 2 aromatic rings. The highest BCUT2D eigenvalue weighted by Gasteiger charge is 2.31. The Balaban J connectivity index is 1.48. The summed E-state index contributed by atoms with van der Waals surface area (Å²) in [6, 6.07) is 12.7. The molecule has 0 spiro atoms. The minimum atomic E-state index is -3.54. The molecule has 0 aliphatic carbocycles. The van der Waals surface area contributed by atoms with Crippen LogP contribution in [0, 0.1) is 5.82 Å². The van der Waals surface area contributed by atoms with Crippen LogP contribution in [0.4, 0.5) is 4.39 Å². The van der Waals surface area contributed by atoms with Crippen molar-refractivity contribution in [3.63, 3.8) is 0 Å². The highest BCUT2D eigenvalue weighted by molar-refractivity contribution is 9.10. The van der Waals surface area contributed by atoms with E-state index in [1.54, 1.807) is 42.5 Å². The molecule has 0 aromatic heterocycles. The largest absolute Gasteiger partial charge is 0.325 e. The molecule has 2 N–H and O–H groups in total. The number of sulfonamides is 1. The zero-order valence-electron chi connectivity index (χ0n) is 15.5. The zero-order chi connectivity index (χ0) is 20.9. The van der Waals surface area contributed by atoms with Crippen molar-refractivity contribution in [2.75, 3.05) is 32.7 Å². The molecule has 2 aromatic carbocycles. The molecule has 1 heterocycles. The van der Waals surface area contributed by atoms with Gasteiger partial charge in [0, 0.05) is 10.0 Å². The standard InChI is InChI=1S/C19H20BrFN4O3S/c20-16-5-7-17(8-6-16)29(27,28)25-11-9-24(10-12-25)14-19(26)23-22-13-15-3-1-2-4-18(15)21/h1-8,13H,9-12,14H2,(H,23,26)/p+1/b22-13-. The fraction of sp³-hybridized carbons (Fsp3) is 0.263. The molecule has 0 bridgehead atoms. The van der Waals surface area contributed by atoms with Gasteiger partial charge in [0.25, 0.3) is 5.91 Å². The number of rotatable bonds is 6. The number of nitrogens with zero attached hydrogens (tertiary/aromatic N) is 2. The Labute approximate surface area is 177 Å². The summed E-state index contributed by atoms with van der Waals surface area (Å²) < 4.78 is 41.2. The number of benzene rings is 2. The Morgan fingerprint density at radius 3 is 2.48 bits per heavy atom. The first-order chi connectivity index (χ1) is 13.9. The van der Waals surface area contributed by atoms with E-state index in [9.17, 15) is 17.6 Å². The molecule has 1 saturated heterocycles. The van der Waals surface area contributed by atoms with E-state index in [-0.39, 0.29) is 22.9 Å². The number of hydrogen-bond donors (Lipinski definition) is 2. The van der Waals surface area contributed by atoms with Gasteiger partial charge in [-0.2, -0.15) is 9.41 Å². The molecule has 1 amide bonds. The van der Waals surface area contributed by atoms with Gasteiger partial charge in [-0.1, -0.05) is 34.1 Å². The van der Waals surface area contributed by atoms with Crippen LogP contribution in [-0.2, 0) is 14.8 Å². The number of quaternary nitrogens is 1. The number of halogens is 2. The van der Waals surface area contributed by atoms with Gasteiger partial charge in [-0.3, -0.25) is 4.79 Å². The lowest BCUT2D eigenvalue weighted by Gasteiger charge is -2.31. The number of hydrazone groups is 1. The Kier molecular flexibility index (Phi) is 7.12. The van der Waals surface area contributed by atoms with E-state index < -0.39 is 15.8 Å². The number of carbonyl (C=O) groups is 1. The third-order valence-electron chi connectivity index (χ3n) is 4.59. The van der Waals surface area contributed by atoms with E-state index in [0.29, 0.717) is 26.2 Å². The van der Waals surface area contributed by atoms with Gasteiger partial charge in [0.15, 0.2) is 6.54 Å². The Bertz CT molecular complexity index is 991. The molecular formula is C19H21BrFN4O3S+. The van der Waals surface area contributed by atoms with Crippen LogP contribution in [-0.4, -0.2) is 57.6 Å². The molecule has 0 atom stereocenters. The predicted molar refractivity (Wildman–Crippen MR) is 111 cm³/mol. The lowest BCUT2D eigenvalue weighted by Crippen LogP contribution is -3.15. The molecular weight excluding hydrogens is 463 g/mol. The molecule has 10 heteroatoms. The topological polar surface area (TPSA) is 83.3 Å². The molecule has 154 valence electrons. The third-order valence-corrected chi connectivity index (χ3v) is 7.03. The van der Waals surface area contributed by atoms with Crippen LogP contribution in [0.3, 0.4) is 0 Å². The molecule has 3 rings (SSSR count). The van der Waals surface area contributed by atoms with Crippen molar-refractivity contribution in [2.24, 2.45) is 5.10 Å². The second-order valence-electron chi connectivity index (χ2n) is 6.60. The number of nitrogens with one attached hydrogen (secondary N) is 2. The van der Waals surface area contributed by atoms with Gasteiger partial charge >= 0.3 is 0 Å². The average molecular weight is 484 g/mol. The summed E-state index contributed by atoms with van der Waals surface area (Å²) in [5.41, 5.74) is 2.67. The second-order valence-corrected chi connectivity index (χ2v) is 9.45. The first-order valence-electron chi connectivity index (χ1n) is 9.02. The van der Waals surface area contributed by atoms with Gasteiger partial charge in [-0.05, 0) is 30.3 Å². The van der Waals surface area contributed by atoms with Crippen LogP contribution in [0.15, 0.2) is 63.0 Å². The molecule has 1 aliphatic rings. The van der Waals surface area contributed by atoms with Gasteiger partial charge in [0.1, 0.15) is 5.82 Å². The monoisotopic (exact) mass is 483 g/mol. The average Bonchev–Trinajstić information content (AvgIpc) is 2.70. The van der Waals surface area contributed by atoms with Crippen molar-refractivity contribution in [3.8, 4) is 0 Å². The van der Waals surface area contributed by atoms with E-state index in [2.05, 4.69) is 26.5 Å². The van der Waals surface area contributed by atoms with Crippen LogP contribution in [0.25, 0.3) is 0 Å². The lowest BCUT2D eigenvalue weighted by molar-refractivity contribution is -0.895. The maximum Gasteiger partial charge on any atom is 0.295 e. The van der Waals surface area contributed by atoms with Crippen molar-refractivity contribution in [2.45, 2.75) is 4.90 Å². The third kappa shape index (κ3) is 5.69. The Morgan fingerprint density at radius 2 is 1.83 bits per heavy atom. The quantitative estimate of drug-likeness (QED) is 0.466. The molecule has 0 unspecified atom stereocenters. The first kappa shape index (κ1) is 21.6. The second kappa shape index (κ2) is 9.57. The first-order valence-corrected chi connectivity index (χ1v) is 11.3. The van der Waals surface area contributed by atoms with Crippen LogP contribution in [0.1, 0.15) is 5.56 Å². The smallest absolute Gasteiger partial charge is 0.295 e. The number of carbonyl (C=O) groups excluding carboxylic acids is 1. The van der Waals surface area contributed by atoms with E-state index in [1.807, 2.05) is 0 Å². The summed E-state index contributed by atoms with van der Waals surface area (Å²) >= 11 is 3.30. The van der Waals surface area contributed by atoms with E-state index in [1.165, 1.54) is 16.6 Å². The lowest BCUT2D eigenvalue weighted by atomic mass is 10.2. The highest BCUT2D eigenvalue weighted by Crippen LogP contribution is 2.18. The SMILES string of the molecule is O=C(C[NH+]1CCN(S(=O)(=O)c2ccc(Br)cc2)CC1)N/N=C\c1ccccc1F. The number of hydrogen-bond acceptors (Lipinski definition) is 4. The van der Waals surface area contributed by atoms with Crippen molar-refractivity contribution in [1.29, 1.82) is 0 Å². The summed E-state index contributed by atoms with van der Waals surface area (Å²) in [5.74, 6) is -0.726. The van der Waals surface area contributed by atoms with Gasteiger partial charge < -0.3 is 4.90 Å². The van der Waals surface area contributed by atoms with E-state index in [4.69, 9.17) is 0 Å². The maximum atomic E-state index is 13.5. The molecule has 7 nitrogen and oxygen atoms in total. The summed E-state index contributed by atoms with van der Waals surface area (Å²) in [7, 11) is -3.54. The molecule has 29 heavy (non-hydrogen) atoms. The van der Waals surface area contributed by atoms with Crippen LogP contribution < -0.4 is 10.3 Å². The van der Waals surface area contributed by atoms with Gasteiger partial charge in [0.05, 0.1) is 37.3 Å². The van der Waals surface area contributed by atoms with Gasteiger partial charge in [-0.25, -0.2) is 18.2 Å². The van der Waals surface area contributed by atoms with Crippen molar-refractivity contribution < 1.29 is 22.5 Å².